The summed E-state index contributed by atoms with van der Waals surface area (Å²) in [6, 6.07) is 9.61. The van der Waals surface area contributed by atoms with Gasteiger partial charge >= 0.3 is 0 Å². The molecule has 1 unspecified atom stereocenters. The lowest BCUT2D eigenvalue weighted by Crippen LogP contribution is -2.42. The van der Waals surface area contributed by atoms with Crippen molar-refractivity contribution in [1.82, 2.24) is 9.88 Å². The fourth-order valence-electron chi connectivity index (χ4n) is 2.72. The van der Waals surface area contributed by atoms with Gasteiger partial charge in [0.15, 0.2) is 0 Å². The predicted octanol–water partition coefficient (Wildman–Crippen LogP) is 2.12. The number of aliphatic hydroxyl groups excluding tert-OH is 1. The fourth-order valence-corrected chi connectivity index (χ4v) is 3.44. The number of aliphatic hydroxyl groups is 1. The van der Waals surface area contributed by atoms with Crippen molar-refractivity contribution in [2.24, 2.45) is 0 Å². The van der Waals surface area contributed by atoms with Crippen LogP contribution >= 0.6 is 11.3 Å². The number of aromatic nitrogens is 1. The highest BCUT2D eigenvalue weighted by molar-refractivity contribution is 7.14. The number of carbonyl (C=O) groups is 2. The number of amides is 2. The summed E-state index contributed by atoms with van der Waals surface area (Å²) < 4.78 is 0. The van der Waals surface area contributed by atoms with E-state index in [9.17, 15) is 14.7 Å². The number of anilines is 1. The molecule has 0 bridgehead atoms. The monoisotopic (exact) mass is 345 g/mol. The molecule has 2 amide bonds. The minimum Gasteiger partial charge on any atom is -0.383 e. The number of nitrogens with one attached hydrogen (secondary N) is 1. The van der Waals surface area contributed by atoms with Gasteiger partial charge in [-0.05, 0) is 19.3 Å². The van der Waals surface area contributed by atoms with Crippen LogP contribution in [0.25, 0.3) is 11.3 Å². The maximum atomic E-state index is 12.3. The second-order valence-electron chi connectivity index (χ2n) is 5.72. The van der Waals surface area contributed by atoms with Crippen molar-refractivity contribution in [2.45, 2.75) is 25.4 Å². The summed E-state index contributed by atoms with van der Waals surface area (Å²) in [4.78, 5) is 30.1. The molecule has 1 saturated heterocycles. The maximum Gasteiger partial charge on any atom is 0.251 e. The van der Waals surface area contributed by atoms with E-state index in [0.717, 1.165) is 24.1 Å². The minimum absolute atomic E-state index is 0.0535. The number of benzene rings is 1. The molecule has 0 saturated carbocycles. The van der Waals surface area contributed by atoms with Gasteiger partial charge in [0.1, 0.15) is 16.8 Å². The average molecular weight is 345 g/mol. The van der Waals surface area contributed by atoms with Crippen molar-refractivity contribution in [3.63, 3.8) is 0 Å². The average Bonchev–Trinajstić information content (AvgIpc) is 2.99. The zero-order valence-corrected chi connectivity index (χ0v) is 14.0. The van der Waals surface area contributed by atoms with Crippen LogP contribution in [0.4, 0.5) is 5.00 Å². The van der Waals surface area contributed by atoms with E-state index in [1.165, 1.54) is 16.2 Å². The second-order valence-corrected chi connectivity index (χ2v) is 6.57. The maximum absolute atomic E-state index is 12.3. The largest absolute Gasteiger partial charge is 0.383 e. The van der Waals surface area contributed by atoms with Crippen molar-refractivity contribution in [1.29, 1.82) is 0 Å². The Hall–Kier alpha value is -2.25. The smallest absolute Gasteiger partial charge is 0.251 e. The summed E-state index contributed by atoms with van der Waals surface area (Å²) in [5, 5.41) is 13.3. The topological polar surface area (TPSA) is 82.5 Å². The van der Waals surface area contributed by atoms with Crippen LogP contribution in [0.3, 0.4) is 0 Å². The molecule has 3 rings (SSSR count). The fraction of sp³-hybridized carbons (Fsp3) is 0.353. The van der Waals surface area contributed by atoms with Crippen molar-refractivity contribution in [3.05, 3.63) is 35.8 Å². The van der Waals surface area contributed by atoms with Crippen LogP contribution in [0.5, 0.6) is 0 Å². The first-order valence-electron chi connectivity index (χ1n) is 7.91. The Bertz CT molecular complexity index is 717. The molecule has 2 aromatic rings. The summed E-state index contributed by atoms with van der Waals surface area (Å²) in [5.41, 5.74) is 3.32. The Morgan fingerprint density at radius 2 is 2.12 bits per heavy atom. The van der Waals surface area contributed by atoms with Gasteiger partial charge in [-0.15, -0.1) is 11.3 Å². The van der Waals surface area contributed by atoms with E-state index in [1.54, 1.807) is 5.51 Å². The van der Waals surface area contributed by atoms with Crippen molar-refractivity contribution in [2.75, 3.05) is 18.4 Å². The Morgan fingerprint density at radius 3 is 2.92 bits per heavy atom. The third-order valence-electron chi connectivity index (χ3n) is 3.95. The number of hydrogen-bond acceptors (Lipinski definition) is 5. The van der Waals surface area contributed by atoms with Crippen molar-refractivity contribution in [3.8, 4) is 11.3 Å². The Labute approximate surface area is 144 Å². The summed E-state index contributed by atoms with van der Waals surface area (Å²) >= 11 is 1.34. The summed E-state index contributed by atoms with van der Waals surface area (Å²) in [6.45, 7) is 0.444. The van der Waals surface area contributed by atoms with Crippen molar-refractivity contribution < 1.29 is 14.7 Å². The minimum atomic E-state index is -0.997. The molecule has 1 fully saturated rings. The molecule has 0 spiro atoms. The van der Waals surface area contributed by atoms with Crippen LogP contribution < -0.4 is 5.32 Å². The molecule has 1 aliphatic heterocycles. The van der Waals surface area contributed by atoms with Crippen LogP contribution in [0, 0.1) is 0 Å². The third-order valence-corrected chi connectivity index (χ3v) is 4.70. The lowest BCUT2D eigenvalue weighted by Gasteiger charge is -2.21. The predicted molar refractivity (Wildman–Crippen MR) is 92.6 cm³/mol. The zero-order valence-electron chi connectivity index (χ0n) is 13.1. The van der Waals surface area contributed by atoms with Gasteiger partial charge in [0.25, 0.3) is 5.91 Å². The number of likely N-dealkylation sites (tertiary alicyclic amines) is 1. The molecule has 7 heteroatoms. The van der Waals surface area contributed by atoms with E-state index in [1.807, 2.05) is 30.3 Å². The molecule has 126 valence electrons. The molecule has 1 aromatic carbocycles. The highest BCUT2D eigenvalue weighted by Crippen LogP contribution is 2.30. The lowest BCUT2D eigenvalue weighted by molar-refractivity contribution is -0.141. The number of thiazole rings is 1. The van der Waals surface area contributed by atoms with Gasteiger partial charge in [0.05, 0.1) is 12.1 Å². The summed E-state index contributed by atoms with van der Waals surface area (Å²) in [5.74, 6) is -0.644. The molecule has 6 nitrogen and oxygen atoms in total. The first-order chi connectivity index (χ1) is 11.6. The second kappa shape index (κ2) is 7.55. The van der Waals surface area contributed by atoms with Crippen LogP contribution in [-0.4, -0.2) is 46.0 Å². The van der Waals surface area contributed by atoms with Crippen LogP contribution in [-0.2, 0) is 9.59 Å². The standard InChI is InChI=1S/C17H19N3O3S/c21-13-8-4-5-9-20(17(13)23)10-14(22)19-16-15(18-11-24-16)12-6-2-1-3-7-12/h1-3,6-7,11,13,21H,4-5,8-10H2,(H,19,22). The molecule has 1 aliphatic rings. The molecule has 0 radical (unpaired) electrons. The van der Waals surface area contributed by atoms with Gasteiger partial charge in [-0.25, -0.2) is 4.98 Å². The quantitative estimate of drug-likeness (QED) is 0.889. The molecular weight excluding hydrogens is 326 g/mol. The molecule has 1 aromatic heterocycles. The normalized spacial score (nSPS) is 18.3. The Balaban J connectivity index is 1.68. The van der Waals surface area contributed by atoms with Crippen LogP contribution in [0.15, 0.2) is 35.8 Å². The van der Waals surface area contributed by atoms with Crippen molar-refractivity contribution >= 4 is 28.2 Å². The Kier molecular flexibility index (Phi) is 5.22. The number of rotatable bonds is 4. The molecule has 2 N–H and O–H groups in total. The molecular formula is C17H19N3O3S. The van der Waals surface area contributed by atoms with Gasteiger partial charge in [-0.1, -0.05) is 30.3 Å². The highest BCUT2D eigenvalue weighted by Gasteiger charge is 2.26. The molecule has 1 atom stereocenters. The van der Waals surface area contributed by atoms with Gasteiger partial charge < -0.3 is 15.3 Å². The zero-order chi connectivity index (χ0) is 16.9. The SMILES string of the molecule is O=C(CN1CCCCC(O)C1=O)Nc1scnc1-c1ccccc1. The van der Waals surface area contributed by atoms with E-state index in [0.29, 0.717) is 18.0 Å². The van der Waals surface area contributed by atoms with E-state index >= 15 is 0 Å². The molecule has 2 heterocycles. The van der Waals surface area contributed by atoms with E-state index in [-0.39, 0.29) is 18.4 Å². The number of hydrogen-bond donors (Lipinski definition) is 2. The van der Waals surface area contributed by atoms with E-state index in [4.69, 9.17) is 0 Å². The summed E-state index contributed by atoms with van der Waals surface area (Å²) in [6.07, 6.45) is 1.05. The first-order valence-corrected chi connectivity index (χ1v) is 8.78. The molecule has 0 aliphatic carbocycles. The van der Waals surface area contributed by atoms with E-state index < -0.39 is 6.10 Å². The number of nitrogens with zero attached hydrogens (tertiary/aromatic N) is 2. The lowest BCUT2D eigenvalue weighted by atomic mass is 10.2. The Morgan fingerprint density at radius 1 is 1.33 bits per heavy atom. The van der Waals surface area contributed by atoms with Gasteiger partial charge in [-0.2, -0.15) is 0 Å². The van der Waals surface area contributed by atoms with Gasteiger partial charge in [0, 0.05) is 12.1 Å². The first kappa shape index (κ1) is 16.6. The molecule has 24 heavy (non-hydrogen) atoms. The van der Waals surface area contributed by atoms with Gasteiger partial charge in [0.2, 0.25) is 5.91 Å². The highest BCUT2D eigenvalue weighted by atomic mass is 32.1. The number of carbonyl (C=O) groups excluding carboxylic acids is 2. The van der Waals surface area contributed by atoms with Crippen LogP contribution in [0.2, 0.25) is 0 Å². The summed E-state index contributed by atoms with van der Waals surface area (Å²) in [7, 11) is 0. The van der Waals surface area contributed by atoms with Gasteiger partial charge in [-0.3, -0.25) is 9.59 Å². The van der Waals surface area contributed by atoms with Crippen LogP contribution in [0.1, 0.15) is 19.3 Å². The van der Waals surface area contributed by atoms with E-state index in [2.05, 4.69) is 10.3 Å². The third kappa shape index (κ3) is 3.80.